The van der Waals surface area contributed by atoms with Crippen molar-refractivity contribution < 1.29 is 0 Å². The Bertz CT molecular complexity index is 596. The van der Waals surface area contributed by atoms with Crippen molar-refractivity contribution >= 4 is 11.9 Å². The highest BCUT2D eigenvalue weighted by Gasteiger charge is 2.26. The van der Waals surface area contributed by atoms with Crippen LogP contribution in [0.3, 0.4) is 0 Å². The number of hydrogen-bond donors (Lipinski definition) is 2. The standard InChI is InChI=1S/C13H20N8/c1-9-4-5-10(2)20(8-9)12-16-11(19-14)17-13(18-12)21-7-3-6-15-21/h3,6-7,9-10H,4-5,8,14H2,1-2H3,(H,16,17,18,19). The summed E-state index contributed by atoms with van der Waals surface area (Å²) < 4.78 is 1.60. The highest BCUT2D eigenvalue weighted by molar-refractivity contribution is 5.40. The van der Waals surface area contributed by atoms with Gasteiger partial charge in [-0.25, -0.2) is 10.5 Å². The number of nitrogens with zero attached hydrogens (tertiary/aromatic N) is 6. The van der Waals surface area contributed by atoms with Crippen molar-refractivity contribution in [3.8, 4) is 5.95 Å². The Morgan fingerprint density at radius 2 is 2.00 bits per heavy atom. The van der Waals surface area contributed by atoms with Crippen LogP contribution in [0.25, 0.3) is 5.95 Å². The van der Waals surface area contributed by atoms with Crippen LogP contribution >= 0.6 is 0 Å². The van der Waals surface area contributed by atoms with Gasteiger partial charge in [0.1, 0.15) is 0 Å². The molecular weight excluding hydrogens is 268 g/mol. The van der Waals surface area contributed by atoms with Crippen molar-refractivity contribution in [2.75, 3.05) is 16.9 Å². The normalized spacial score (nSPS) is 22.3. The summed E-state index contributed by atoms with van der Waals surface area (Å²) >= 11 is 0. The summed E-state index contributed by atoms with van der Waals surface area (Å²) in [5.41, 5.74) is 2.50. The summed E-state index contributed by atoms with van der Waals surface area (Å²) in [7, 11) is 0. The first-order valence-electron chi connectivity index (χ1n) is 7.16. The maximum Gasteiger partial charge on any atom is 0.257 e. The summed E-state index contributed by atoms with van der Waals surface area (Å²) in [5, 5.41) is 4.16. The maximum absolute atomic E-state index is 5.48. The number of nitrogens with two attached hydrogens (primary N) is 1. The third kappa shape index (κ3) is 2.80. The number of anilines is 2. The third-order valence-electron chi connectivity index (χ3n) is 3.82. The smallest absolute Gasteiger partial charge is 0.257 e. The molecule has 2 atom stereocenters. The van der Waals surface area contributed by atoms with Gasteiger partial charge < -0.3 is 4.90 Å². The van der Waals surface area contributed by atoms with Crippen LogP contribution in [-0.4, -0.2) is 37.3 Å². The number of rotatable bonds is 3. The fourth-order valence-electron chi connectivity index (χ4n) is 2.60. The predicted octanol–water partition coefficient (Wildman–Crippen LogP) is 0.968. The van der Waals surface area contributed by atoms with E-state index in [2.05, 4.69) is 44.2 Å². The molecule has 2 aromatic rings. The molecule has 3 N–H and O–H groups in total. The molecule has 112 valence electrons. The second-order valence-electron chi connectivity index (χ2n) is 5.54. The predicted molar refractivity (Wildman–Crippen MR) is 80.0 cm³/mol. The Kier molecular flexibility index (Phi) is 3.70. The molecule has 8 heteroatoms. The van der Waals surface area contributed by atoms with Crippen molar-refractivity contribution in [3.05, 3.63) is 18.5 Å². The zero-order valence-electron chi connectivity index (χ0n) is 12.3. The van der Waals surface area contributed by atoms with E-state index in [1.165, 1.54) is 6.42 Å². The molecule has 2 unspecified atom stereocenters. The van der Waals surface area contributed by atoms with Gasteiger partial charge >= 0.3 is 0 Å². The van der Waals surface area contributed by atoms with Crippen LogP contribution in [0.15, 0.2) is 18.5 Å². The van der Waals surface area contributed by atoms with E-state index in [4.69, 9.17) is 5.84 Å². The summed E-state index contributed by atoms with van der Waals surface area (Å²) in [6, 6.07) is 2.23. The monoisotopic (exact) mass is 288 g/mol. The summed E-state index contributed by atoms with van der Waals surface area (Å²) in [6.45, 7) is 5.38. The molecule has 21 heavy (non-hydrogen) atoms. The highest BCUT2D eigenvalue weighted by atomic mass is 15.4. The molecule has 2 aromatic heterocycles. The Labute approximate surface area is 123 Å². The Morgan fingerprint density at radius 1 is 1.19 bits per heavy atom. The second kappa shape index (κ2) is 5.65. The molecule has 0 aliphatic carbocycles. The number of nitrogens with one attached hydrogen (secondary N) is 1. The van der Waals surface area contributed by atoms with Crippen molar-refractivity contribution in [2.45, 2.75) is 32.7 Å². The highest BCUT2D eigenvalue weighted by Crippen LogP contribution is 2.25. The Hall–Kier alpha value is -2.22. The lowest BCUT2D eigenvalue weighted by Crippen LogP contribution is -2.42. The topological polar surface area (TPSA) is 97.8 Å². The first-order valence-corrected chi connectivity index (χ1v) is 7.16. The molecular formula is C13H20N8. The summed E-state index contributed by atoms with van der Waals surface area (Å²) in [4.78, 5) is 15.4. The molecule has 1 aliphatic rings. The Morgan fingerprint density at radius 3 is 2.71 bits per heavy atom. The van der Waals surface area contributed by atoms with Crippen molar-refractivity contribution in [1.29, 1.82) is 0 Å². The van der Waals surface area contributed by atoms with Crippen LogP contribution in [-0.2, 0) is 0 Å². The van der Waals surface area contributed by atoms with Gasteiger partial charge in [-0.15, -0.1) is 0 Å². The number of hydrogen-bond acceptors (Lipinski definition) is 7. The lowest BCUT2D eigenvalue weighted by molar-refractivity contribution is 0.385. The first kappa shape index (κ1) is 13.7. The van der Waals surface area contributed by atoms with Crippen LogP contribution in [0.4, 0.5) is 11.9 Å². The number of nitrogen functional groups attached to an aromatic ring is 1. The quantitative estimate of drug-likeness (QED) is 0.641. The van der Waals surface area contributed by atoms with E-state index in [0.29, 0.717) is 29.8 Å². The molecule has 3 heterocycles. The average Bonchev–Trinajstić information content (AvgIpc) is 3.03. The molecule has 3 rings (SSSR count). The number of piperidine rings is 1. The fourth-order valence-corrected chi connectivity index (χ4v) is 2.60. The van der Waals surface area contributed by atoms with Gasteiger partial charge in [0.2, 0.25) is 11.9 Å². The summed E-state index contributed by atoms with van der Waals surface area (Å²) in [6.07, 6.45) is 5.85. The van der Waals surface area contributed by atoms with E-state index in [0.717, 1.165) is 13.0 Å². The second-order valence-corrected chi connectivity index (χ2v) is 5.54. The van der Waals surface area contributed by atoms with E-state index >= 15 is 0 Å². The van der Waals surface area contributed by atoms with Gasteiger partial charge in [0.05, 0.1) is 0 Å². The minimum Gasteiger partial charge on any atom is -0.338 e. The van der Waals surface area contributed by atoms with Gasteiger partial charge in [-0.1, -0.05) is 6.92 Å². The fraction of sp³-hybridized carbons (Fsp3) is 0.538. The molecule has 0 radical (unpaired) electrons. The molecule has 1 fully saturated rings. The van der Waals surface area contributed by atoms with Gasteiger partial charge in [-0.2, -0.15) is 20.1 Å². The summed E-state index contributed by atoms with van der Waals surface area (Å²) in [5.74, 6) is 7.55. The largest absolute Gasteiger partial charge is 0.338 e. The van der Waals surface area contributed by atoms with E-state index in [9.17, 15) is 0 Å². The molecule has 8 nitrogen and oxygen atoms in total. The lowest BCUT2D eigenvalue weighted by atomic mass is 9.95. The number of aromatic nitrogens is 5. The molecule has 0 bridgehead atoms. The molecule has 1 aliphatic heterocycles. The lowest BCUT2D eigenvalue weighted by Gasteiger charge is -2.36. The van der Waals surface area contributed by atoms with Crippen molar-refractivity contribution in [3.63, 3.8) is 0 Å². The average molecular weight is 288 g/mol. The van der Waals surface area contributed by atoms with Gasteiger partial charge in [0.25, 0.3) is 5.95 Å². The van der Waals surface area contributed by atoms with Crippen LogP contribution in [0.1, 0.15) is 26.7 Å². The third-order valence-corrected chi connectivity index (χ3v) is 3.82. The van der Waals surface area contributed by atoms with Crippen LogP contribution in [0, 0.1) is 5.92 Å². The van der Waals surface area contributed by atoms with E-state index < -0.39 is 0 Å². The van der Waals surface area contributed by atoms with Gasteiger partial charge in [0.15, 0.2) is 0 Å². The van der Waals surface area contributed by atoms with Crippen LogP contribution in [0.2, 0.25) is 0 Å². The minimum atomic E-state index is 0.343. The molecule has 0 spiro atoms. The van der Waals surface area contributed by atoms with Crippen molar-refractivity contribution in [2.24, 2.45) is 11.8 Å². The van der Waals surface area contributed by atoms with E-state index in [1.54, 1.807) is 17.1 Å². The van der Waals surface area contributed by atoms with Crippen molar-refractivity contribution in [1.82, 2.24) is 24.7 Å². The number of hydrazine groups is 1. The molecule has 0 aromatic carbocycles. The first-order chi connectivity index (χ1) is 10.2. The van der Waals surface area contributed by atoms with Gasteiger partial charge in [0, 0.05) is 25.0 Å². The minimum absolute atomic E-state index is 0.343. The van der Waals surface area contributed by atoms with Gasteiger partial charge in [-0.05, 0) is 31.7 Å². The SMILES string of the molecule is CC1CCC(C)N(c2nc(NN)nc(-n3cccn3)n2)C1. The van der Waals surface area contributed by atoms with Crippen LogP contribution in [0.5, 0.6) is 0 Å². The van der Waals surface area contributed by atoms with Gasteiger partial charge in [-0.3, -0.25) is 5.43 Å². The van der Waals surface area contributed by atoms with Crippen LogP contribution < -0.4 is 16.2 Å². The maximum atomic E-state index is 5.48. The van der Waals surface area contributed by atoms with E-state index in [1.807, 2.05) is 6.07 Å². The molecule has 0 amide bonds. The molecule has 1 saturated heterocycles. The Balaban J connectivity index is 1.99. The zero-order chi connectivity index (χ0) is 14.8. The molecule has 0 saturated carbocycles. The zero-order valence-corrected chi connectivity index (χ0v) is 12.3. The van der Waals surface area contributed by atoms with E-state index in [-0.39, 0.29) is 0 Å².